The summed E-state index contributed by atoms with van der Waals surface area (Å²) in [5.74, 6) is 0. The van der Waals surface area contributed by atoms with Crippen molar-refractivity contribution in [1.29, 1.82) is 0 Å². The monoisotopic (exact) mass is 280 g/mol. The van der Waals surface area contributed by atoms with Gasteiger partial charge in [-0.3, -0.25) is 0 Å². The fourth-order valence-corrected chi connectivity index (χ4v) is 5.75. The van der Waals surface area contributed by atoms with Crippen molar-refractivity contribution in [2.24, 2.45) is 0 Å². The van der Waals surface area contributed by atoms with Crippen LogP contribution in [0, 0.1) is 0 Å². The number of rotatable bonds is 5. The predicted octanol–water partition coefficient (Wildman–Crippen LogP) is 2.59. The van der Waals surface area contributed by atoms with E-state index in [4.69, 9.17) is 4.42 Å². The van der Waals surface area contributed by atoms with E-state index in [-0.39, 0.29) is 0 Å². The average molecular weight is 279 g/mol. The number of hydrogen-bond donors (Lipinski definition) is 0. The van der Waals surface area contributed by atoms with Crippen molar-refractivity contribution in [3.63, 3.8) is 0 Å². The first kappa shape index (κ1) is 11.3. The standard InChI is InChI=1S/C14H16OSe/c1-3-5-12-8-10-16(11-12)14-13(6-4-2)7-9-15-14/h3-4,7-11,16H,1-2,5-6H2. The van der Waals surface area contributed by atoms with Gasteiger partial charge >= 0.3 is 101 Å². The van der Waals surface area contributed by atoms with Crippen molar-refractivity contribution in [2.45, 2.75) is 12.8 Å². The van der Waals surface area contributed by atoms with Crippen molar-refractivity contribution < 1.29 is 4.42 Å². The van der Waals surface area contributed by atoms with E-state index in [0.29, 0.717) is 0 Å². The fourth-order valence-electron chi connectivity index (χ4n) is 1.72. The Labute approximate surface area is 101 Å². The van der Waals surface area contributed by atoms with Crippen molar-refractivity contribution >= 4 is 18.6 Å². The molecule has 0 bridgehead atoms. The molecule has 0 fully saturated rings. The van der Waals surface area contributed by atoms with E-state index in [1.807, 2.05) is 12.2 Å². The zero-order valence-corrected chi connectivity index (χ0v) is 11.1. The third-order valence-electron chi connectivity index (χ3n) is 2.46. The quantitative estimate of drug-likeness (QED) is 0.596. The van der Waals surface area contributed by atoms with Crippen LogP contribution in [0.2, 0.25) is 0 Å². The van der Waals surface area contributed by atoms with Gasteiger partial charge in [0.05, 0.1) is 0 Å². The topological polar surface area (TPSA) is 13.1 Å². The summed E-state index contributed by atoms with van der Waals surface area (Å²) < 4.78 is 6.81. The predicted molar refractivity (Wildman–Crippen MR) is 71.4 cm³/mol. The normalized spacial score (nSPS) is 20.8. The molecule has 1 aliphatic heterocycles. The fraction of sp³-hybridized carbons (Fsp3) is 0.143. The number of allylic oxidation sites excluding steroid dienone is 4. The average Bonchev–Trinajstić information content (AvgIpc) is 2.87. The van der Waals surface area contributed by atoms with E-state index in [1.54, 1.807) is 6.26 Å². The molecular weight excluding hydrogens is 263 g/mol. The van der Waals surface area contributed by atoms with Crippen LogP contribution in [0.4, 0.5) is 0 Å². The Morgan fingerprint density at radius 1 is 1.25 bits per heavy atom. The van der Waals surface area contributed by atoms with Crippen LogP contribution >= 0.6 is 0 Å². The molecule has 0 N–H and O–H groups in total. The van der Waals surface area contributed by atoms with Gasteiger partial charge in [-0.25, -0.2) is 0 Å². The molecule has 1 atom stereocenters. The maximum atomic E-state index is 5.62. The molecule has 0 saturated carbocycles. The van der Waals surface area contributed by atoms with Gasteiger partial charge in [-0.15, -0.1) is 0 Å². The molecule has 16 heavy (non-hydrogen) atoms. The van der Waals surface area contributed by atoms with Crippen LogP contribution in [-0.4, -0.2) is 13.9 Å². The Morgan fingerprint density at radius 3 is 2.81 bits per heavy atom. The Bertz CT molecular complexity index is 451. The first-order valence-electron chi connectivity index (χ1n) is 5.30. The zero-order valence-electron chi connectivity index (χ0n) is 9.23. The molecule has 1 aromatic heterocycles. The molecule has 2 heteroatoms. The molecule has 1 unspecified atom stereocenters. The minimum atomic E-state index is -1.23. The molecule has 84 valence electrons. The van der Waals surface area contributed by atoms with Gasteiger partial charge in [-0.05, 0) is 0 Å². The number of hydrogen-bond acceptors (Lipinski definition) is 1. The maximum absolute atomic E-state index is 5.62. The second-order valence-electron chi connectivity index (χ2n) is 3.66. The van der Waals surface area contributed by atoms with Gasteiger partial charge in [0.25, 0.3) is 0 Å². The van der Waals surface area contributed by atoms with Crippen molar-refractivity contribution in [3.05, 3.63) is 64.8 Å². The van der Waals surface area contributed by atoms with Gasteiger partial charge in [0, 0.05) is 0 Å². The Morgan fingerprint density at radius 2 is 2.06 bits per heavy atom. The SMILES string of the molecule is C=CCC1=C[SeH](c2occc2CC=C)C=C1. The van der Waals surface area contributed by atoms with Crippen LogP contribution in [0.5, 0.6) is 0 Å². The van der Waals surface area contributed by atoms with Gasteiger partial charge in [-0.2, -0.15) is 0 Å². The molecule has 0 saturated heterocycles. The van der Waals surface area contributed by atoms with E-state index in [9.17, 15) is 0 Å². The second kappa shape index (κ2) is 5.20. The third kappa shape index (κ3) is 2.29. The summed E-state index contributed by atoms with van der Waals surface area (Å²) in [7, 11) is 0. The summed E-state index contributed by atoms with van der Waals surface area (Å²) >= 11 is -1.23. The van der Waals surface area contributed by atoms with Gasteiger partial charge in [0.1, 0.15) is 0 Å². The molecular formula is C14H16OSe. The summed E-state index contributed by atoms with van der Waals surface area (Å²) in [5.41, 5.74) is 2.66. The molecule has 1 aromatic rings. The number of furan rings is 1. The summed E-state index contributed by atoms with van der Waals surface area (Å²) in [6, 6.07) is 2.05. The van der Waals surface area contributed by atoms with Gasteiger partial charge in [0.15, 0.2) is 0 Å². The van der Waals surface area contributed by atoms with Gasteiger partial charge in [0.2, 0.25) is 0 Å². The minimum absolute atomic E-state index is 0.898. The molecule has 2 heterocycles. The third-order valence-corrected chi connectivity index (χ3v) is 6.53. The summed E-state index contributed by atoms with van der Waals surface area (Å²) in [4.78, 5) is 4.69. The van der Waals surface area contributed by atoms with Crippen LogP contribution < -0.4 is 4.66 Å². The van der Waals surface area contributed by atoms with Crippen molar-refractivity contribution in [3.8, 4) is 0 Å². The molecule has 0 radical (unpaired) electrons. The summed E-state index contributed by atoms with van der Waals surface area (Å²) in [5, 5.41) is 0. The van der Waals surface area contributed by atoms with Crippen LogP contribution in [0.15, 0.2) is 63.7 Å². The van der Waals surface area contributed by atoms with Crippen LogP contribution in [0.3, 0.4) is 0 Å². The zero-order chi connectivity index (χ0) is 11.4. The van der Waals surface area contributed by atoms with Crippen LogP contribution in [-0.2, 0) is 6.42 Å². The second-order valence-corrected chi connectivity index (χ2v) is 7.39. The van der Waals surface area contributed by atoms with Crippen LogP contribution in [0.25, 0.3) is 0 Å². The molecule has 1 nitrogen and oxygen atoms in total. The van der Waals surface area contributed by atoms with E-state index in [2.05, 4.69) is 35.2 Å². The van der Waals surface area contributed by atoms with E-state index >= 15 is 0 Å². The molecule has 0 amide bonds. The Hall–Kier alpha value is -1.24. The first-order chi connectivity index (χ1) is 7.85. The van der Waals surface area contributed by atoms with Gasteiger partial charge < -0.3 is 0 Å². The molecule has 0 aliphatic carbocycles. The van der Waals surface area contributed by atoms with Gasteiger partial charge in [-0.1, -0.05) is 0 Å². The Kier molecular flexibility index (Phi) is 3.66. The first-order valence-corrected chi connectivity index (χ1v) is 8.41. The van der Waals surface area contributed by atoms with E-state index < -0.39 is 13.9 Å². The molecule has 2 rings (SSSR count). The molecule has 0 spiro atoms. The molecule has 0 aromatic carbocycles. The Balaban J connectivity index is 2.20. The summed E-state index contributed by atoms with van der Waals surface area (Å²) in [6.07, 6.45) is 9.73. The van der Waals surface area contributed by atoms with E-state index in [0.717, 1.165) is 12.8 Å². The van der Waals surface area contributed by atoms with Crippen molar-refractivity contribution in [2.75, 3.05) is 0 Å². The van der Waals surface area contributed by atoms with E-state index in [1.165, 1.54) is 15.8 Å². The van der Waals surface area contributed by atoms with Crippen molar-refractivity contribution in [1.82, 2.24) is 0 Å². The summed E-state index contributed by atoms with van der Waals surface area (Å²) in [6.45, 7) is 7.54. The molecule has 1 aliphatic rings. The van der Waals surface area contributed by atoms with Crippen LogP contribution in [0.1, 0.15) is 12.0 Å².